The summed E-state index contributed by atoms with van der Waals surface area (Å²) in [7, 11) is -3.41. The molecule has 6 nitrogen and oxygen atoms in total. The topological polar surface area (TPSA) is 62.7 Å². The number of hydrogen-bond acceptors (Lipinski definition) is 5. The van der Waals surface area contributed by atoms with E-state index in [9.17, 15) is 8.42 Å². The van der Waals surface area contributed by atoms with Crippen molar-refractivity contribution in [3.05, 3.63) is 60.4 Å². The minimum atomic E-state index is -3.41. The minimum Gasteiger partial charge on any atom is -0.381 e. The zero-order valence-electron chi connectivity index (χ0n) is 16.7. The van der Waals surface area contributed by atoms with Crippen LogP contribution >= 0.6 is 0 Å². The van der Waals surface area contributed by atoms with E-state index in [4.69, 9.17) is 4.74 Å². The maximum Gasteiger partial charge on any atom is 0.243 e. The molecule has 0 amide bonds. The van der Waals surface area contributed by atoms with E-state index in [0.29, 0.717) is 30.1 Å². The van der Waals surface area contributed by atoms with Gasteiger partial charge in [0.2, 0.25) is 10.0 Å². The molecule has 3 heterocycles. The second kappa shape index (κ2) is 9.34. The van der Waals surface area contributed by atoms with Crippen molar-refractivity contribution in [1.82, 2.24) is 14.2 Å². The highest BCUT2D eigenvalue weighted by Crippen LogP contribution is 2.28. The number of rotatable bonds is 6. The van der Waals surface area contributed by atoms with E-state index in [1.165, 1.54) is 5.56 Å². The summed E-state index contributed by atoms with van der Waals surface area (Å²) < 4.78 is 33.1. The molecular weight excluding hydrogens is 386 g/mol. The molecule has 0 unspecified atom stereocenters. The Morgan fingerprint density at radius 1 is 0.966 bits per heavy atom. The van der Waals surface area contributed by atoms with Gasteiger partial charge in [-0.2, -0.15) is 4.31 Å². The van der Waals surface area contributed by atoms with Crippen LogP contribution < -0.4 is 0 Å². The molecule has 2 aliphatic heterocycles. The highest BCUT2D eigenvalue weighted by molar-refractivity contribution is 7.89. The summed E-state index contributed by atoms with van der Waals surface area (Å²) in [6.07, 6.45) is 7.50. The Balaban J connectivity index is 1.46. The van der Waals surface area contributed by atoms with Crippen molar-refractivity contribution in [2.24, 2.45) is 0 Å². The van der Waals surface area contributed by atoms with Gasteiger partial charge in [0.15, 0.2) is 0 Å². The molecule has 7 heteroatoms. The Hall–Kier alpha value is -1.80. The third-order valence-electron chi connectivity index (χ3n) is 6.02. The molecule has 4 rings (SSSR count). The van der Waals surface area contributed by atoms with E-state index in [1.807, 2.05) is 18.3 Å². The van der Waals surface area contributed by atoms with Crippen LogP contribution in [-0.2, 0) is 21.3 Å². The Kier molecular flexibility index (Phi) is 6.60. The number of hydrogen-bond donors (Lipinski definition) is 0. The Morgan fingerprint density at radius 2 is 1.66 bits per heavy atom. The maximum absolute atomic E-state index is 12.9. The van der Waals surface area contributed by atoms with Gasteiger partial charge >= 0.3 is 0 Å². The van der Waals surface area contributed by atoms with Crippen LogP contribution in [0.5, 0.6) is 0 Å². The lowest BCUT2D eigenvalue weighted by Crippen LogP contribution is -2.51. The fourth-order valence-electron chi connectivity index (χ4n) is 4.43. The predicted octanol–water partition coefficient (Wildman–Crippen LogP) is 2.92. The lowest BCUT2D eigenvalue weighted by Gasteiger charge is -2.43. The zero-order chi connectivity index (χ0) is 20.1. The number of sulfonamides is 1. The first-order valence-corrected chi connectivity index (χ1v) is 11.9. The van der Waals surface area contributed by atoms with Crippen LogP contribution in [-0.4, -0.2) is 61.0 Å². The van der Waals surface area contributed by atoms with Crippen molar-refractivity contribution < 1.29 is 13.2 Å². The summed E-state index contributed by atoms with van der Waals surface area (Å²) in [5, 5.41) is 0. The summed E-state index contributed by atoms with van der Waals surface area (Å²) >= 11 is 0. The van der Waals surface area contributed by atoms with Crippen LogP contribution in [0.15, 0.2) is 59.8 Å². The van der Waals surface area contributed by atoms with Crippen molar-refractivity contribution in [3.8, 4) is 0 Å². The van der Waals surface area contributed by atoms with E-state index >= 15 is 0 Å². The molecule has 0 radical (unpaired) electrons. The summed E-state index contributed by atoms with van der Waals surface area (Å²) in [5.41, 5.74) is 1.21. The van der Waals surface area contributed by atoms with Crippen LogP contribution in [0, 0.1) is 0 Å². The molecule has 2 saturated heterocycles. The Morgan fingerprint density at radius 3 is 2.31 bits per heavy atom. The third-order valence-corrected chi connectivity index (χ3v) is 7.93. The van der Waals surface area contributed by atoms with Crippen LogP contribution in [0.1, 0.15) is 31.2 Å². The van der Waals surface area contributed by atoms with Gasteiger partial charge in [-0.1, -0.05) is 24.3 Å². The van der Waals surface area contributed by atoms with Gasteiger partial charge in [0, 0.05) is 57.3 Å². The SMILES string of the molecule is O=S(=O)(c1ccccc1)N1CCC(N(Cc2cccnc2)C2CCOCC2)CC1. The van der Waals surface area contributed by atoms with E-state index in [0.717, 1.165) is 45.4 Å². The third kappa shape index (κ3) is 4.86. The molecular formula is C22H29N3O3S. The monoisotopic (exact) mass is 415 g/mol. The number of pyridine rings is 1. The molecule has 156 valence electrons. The molecule has 1 aromatic carbocycles. The first kappa shape index (κ1) is 20.5. The molecule has 1 aromatic heterocycles. The normalized spacial score (nSPS) is 20.2. The lowest BCUT2D eigenvalue weighted by atomic mass is 9.98. The molecule has 2 aliphatic rings. The van der Waals surface area contributed by atoms with Crippen molar-refractivity contribution in [1.29, 1.82) is 0 Å². The highest BCUT2D eigenvalue weighted by Gasteiger charge is 2.34. The summed E-state index contributed by atoms with van der Waals surface area (Å²) in [4.78, 5) is 7.23. The first-order valence-electron chi connectivity index (χ1n) is 10.4. The van der Waals surface area contributed by atoms with Crippen LogP contribution in [0.2, 0.25) is 0 Å². The smallest absolute Gasteiger partial charge is 0.243 e. The fraction of sp³-hybridized carbons (Fsp3) is 0.500. The van der Waals surface area contributed by atoms with Crippen molar-refractivity contribution in [2.75, 3.05) is 26.3 Å². The van der Waals surface area contributed by atoms with E-state index in [1.54, 1.807) is 34.8 Å². The molecule has 29 heavy (non-hydrogen) atoms. The summed E-state index contributed by atoms with van der Waals surface area (Å²) in [5.74, 6) is 0. The van der Waals surface area contributed by atoms with Gasteiger partial charge in [0.1, 0.15) is 0 Å². The molecule has 0 spiro atoms. The maximum atomic E-state index is 12.9. The summed E-state index contributed by atoms with van der Waals surface area (Å²) in [6.45, 7) is 3.59. The highest BCUT2D eigenvalue weighted by atomic mass is 32.2. The zero-order valence-corrected chi connectivity index (χ0v) is 17.5. The van der Waals surface area contributed by atoms with Crippen LogP contribution in [0.3, 0.4) is 0 Å². The Bertz CT molecular complexity index is 863. The lowest BCUT2D eigenvalue weighted by molar-refractivity contribution is 0.00250. The van der Waals surface area contributed by atoms with Gasteiger partial charge < -0.3 is 4.74 Å². The second-order valence-corrected chi connectivity index (χ2v) is 9.76. The van der Waals surface area contributed by atoms with Gasteiger partial charge in [0.05, 0.1) is 4.90 Å². The second-order valence-electron chi connectivity index (χ2n) is 7.83. The van der Waals surface area contributed by atoms with E-state index in [2.05, 4.69) is 16.0 Å². The summed E-state index contributed by atoms with van der Waals surface area (Å²) in [6, 6.07) is 13.7. The molecule has 0 saturated carbocycles. The number of benzene rings is 1. The standard InChI is InChI=1S/C22H29N3O3S/c26-29(27,22-6-2-1-3-7-22)24-13-8-20(9-14-24)25(21-10-15-28-16-11-21)18-19-5-4-12-23-17-19/h1-7,12,17,20-21H,8-11,13-16,18H2. The average Bonchev–Trinajstić information content (AvgIpc) is 2.79. The molecule has 0 atom stereocenters. The van der Waals surface area contributed by atoms with Crippen molar-refractivity contribution in [3.63, 3.8) is 0 Å². The molecule has 0 aliphatic carbocycles. The number of piperidine rings is 1. The molecule has 0 bridgehead atoms. The average molecular weight is 416 g/mol. The predicted molar refractivity (Wildman–Crippen MR) is 112 cm³/mol. The first-order chi connectivity index (χ1) is 14.1. The van der Waals surface area contributed by atoms with Crippen LogP contribution in [0.25, 0.3) is 0 Å². The largest absolute Gasteiger partial charge is 0.381 e. The van der Waals surface area contributed by atoms with Crippen molar-refractivity contribution >= 4 is 10.0 Å². The number of ether oxygens (including phenoxy) is 1. The van der Waals surface area contributed by atoms with Gasteiger partial charge in [-0.15, -0.1) is 0 Å². The molecule has 2 fully saturated rings. The van der Waals surface area contributed by atoms with Gasteiger partial charge in [-0.25, -0.2) is 8.42 Å². The van der Waals surface area contributed by atoms with E-state index < -0.39 is 10.0 Å². The fourth-order valence-corrected chi connectivity index (χ4v) is 5.92. The van der Waals surface area contributed by atoms with Crippen molar-refractivity contribution in [2.45, 2.75) is 49.2 Å². The van der Waals surface area contributed by atoms with Gasteiger partial charge in [-0.05, 0) is 49.4 Å². The van der Waals surface area contributed by atoms with Crippen LogP contribution in [0.4, 0.5) is 0 Å². The molecule has 0 N–H and O–H groups in total. The minimum absolute atomic E-state index is 0.375. The van der Waals surface area contributed by atoms with Gasteiger partial charge in [-0.3, -0.25) is 9.88 Å². The number of aromatic nitrogens is 1. The van der Waals surface area contributed by atoms with E-state index in [-0.39, 0.29) is 0 Å². The Labute approximate surface area is 173 Å². The molecule has 2 aromatic rings. The van der Waals surface area contributed by atoms with Gasteiger partial charge in [0.25, 0.3) is 0 Å². The number of nitrogens with zero attached hydrogens (tertiary/aromatic N) is 3. The quantitative estimate of drug-likeness (QED) is 0.726.